The van der Waals surface area contributed by atoms with Crippen molar-refractivity contribution in [1.82, 2.24) is 9.97 Å². The van der Waals surface area contributed by atoms with E-state index in [1.54, 1.807) is 4.90 Å². The number of alkyl halides is 3. The van der Waals surface area contributed by atoms with Gasteiger partial charge in [0.1, 0.15) is 11.9 Å². The van der Waals surface area contributed by atoms with Gasteiger partial charge in [-0.15, -0.1) is 0 Å². The Kier molecular flexibility index (Phi) is 4.87. The highest BCUT2D eigenvalue weighted by Crippen LogP contribution is 2.31. The number of pyridine rings is 2. The van der Waals surface area contributed by atoms with Crippen LogP contribution < -0.4 is 9.80 Å². The van der Waals surface area contributed by atoms with E-state index in [1.807, 2.05) is 11.0 Å². The summed E-state index contributed by atoms with van der Waals surface area (Å²) in [4.78, 5) is 11.2. The molecule has 1 aliphatic rings. The van der Waals surface area contributed by atoms with Crippen molar-refractivity contribution in [3.8, 4) is 6.07 Å². The zero-order chi connectivity index (χ0) is 18.9. The molecule has 10 heteroatoms. The van der Waals surface area contributed by atoms with Gasteiger partial charge in [-0.25, -0.2) is 14.4 Å². The van der Waals surface area contributed by atoms with E-state index in [0.717, 1.165) is 0 Å². The zero-order valence-corrected chi connectivity index (χ0v) is 14.0. The normalized spacial score (nSPS) is 15.1. The number of hydrogen-bond acceptors (Lipinski definition) is 5. The molecule has 1 fully saturated rings. The molecule has 1 saturated heterocycles. The first-order valence-electron chi connectivity index (χ1n) is 7.58. The van der Waals surface area contributed by atoms with Gasteiger partial charge in [0.05, 0.1) is 16.1 Å². The summed E-state index contributed by atoms with van der Waals surface area (Å²) in [5, 5.41) is 9.17. The molecule has 0 saturated carbocycles. The summed E-state index contributed by atoms with van der Waals surface area (Å²) in [5.74, 6) is -0.620. The van der Waals surface area contributed by atoms with E-state index in [4.69, 9.17) is 16.9 Å². The average molecular weight is 386 g/mol. The van der Waals surface area contributed by atoms with Crippen LogP contribution in [-0.4, -0.2) is 36.1 Å². The van der Waals surface area contributed by atoms with Gasteiger partial charge in [-0.2, -0.15) is 18.4 Å². The lowest BCUT2D eigenvalue weighted by molar-refractivity contribution is -0.138. The lowest BCUT2D eigenvalue weighted by Crippen LogP contribution is -2.47. The highest BCUT2D eigenvalue weighted by molar-refractivity contribution is 6.33. The Morgan fingerprint density at radius 3 is 2.08 bits per heavy atom. The second kappa shape index (κ2) is 6.96. The maximum Gasteiger partial charge on any atom is 0.417 e. The van der Waals surface area contributed by atoms with Crippen LogP contribution in [0.4, 0.5) is 29.2 Å². The number of hydrogen-bond donors (Lipinski definition) is 0. The minimum absolute atomic E-state index is 0.114. The molecule has 0 radical (unpaired) electrons. The molecule has 0 N–H and O–H groups in total. The van der Waals surface area contributed by atoms with Gasteiger partial charge in [-0.1, -0.05) is 11.6 Å². The van der Waals surface area contributed by atoms with Gasteiger partial charge in [0.25, 0.3) is 0 Å². The van der Waals surface area contributed by atoms with E-state index in [9.17, 15) is 17.6 Å². The maximum absolute atomic E-state index is 14.1. The number of rotatable bonds is 2. The molecule has 0 aromatic carbocycles. The van der Waals surface area contributed by atoms with E-state index in [1.165, 1.54) is 12.3 Å². The molecule has 2 aromatic rings. The summed E-state index contributed by atoms with van der Waals surface area (Å²) in [6.07, 6.45) is -2.60. The number of nitriles is 1. The van der Waals surface area contributed by atoms with Crippen molar-refractivity contribution in [3.05, 3.63) is 46.5 Å². The first-order valence-corrected chi connectivity index (χ1v) is 7.95. The summed E-state index contributed by atoms with van der Waals surface area (Å²) < 4.78 is 51.9. The van der Waals surface area contributed by atoms with Gasteiger partial charge in [-0.05, 0) is 12.1 Å². The van der Waals surface area contributed by atoms with E-state index in [2.05, 4.69) is 9.97 Å². The van der Waals surface area contributed by atoms with E-state index < -0.39 is 17.6 Å². The fourth-order valence-corrected chi connectivity index (χ4v) is 2.96. The van der Waals surface area contributed by atoms with Crippen molar-refractivity contribution in [2.45, 2.75) is 6.18 Å². The van der Waals surface area contributed by atoms with Crippen LogP contribution >= 0.6 is 11.6 Å². The van der Waals surface area contributed by atoms with Crippen molar-refractivity contribution in [2.75, 3.05) is 36.0 Å². The number of piperazine rings is 1. The standard InChI is InChI=1S/C16H12ClF4N5/c17-12-5-10(7-22)8-23-14(12)25-1-3-26(4-2-25)15-13(18)6-11(9-24-15)16(19,20)21/h5-6,8-9H,1-4H2. The molecular weight excluding hydrogens is 374 g/mol. The van der Waals surface area contributed by atoms with Crippen LogP contribution in [0.5, 0.6) is 0 Å². The number of anilines is 2. The smallest absolute Gasteiger partial charge is 0.352 e. The minimum Gasteiger partial charge on any atom is -0.352 e. The lowest BCUT2D eigenvalue weighted by atomic mass is 10.2. The predicted molar refractivity (Wildman–Crippen MR) is 87.6 cm³/mol. The van der Waals surface area contributed by atoms with E-state index >= 15 is 0 Å². The van der Waals surface area contributed by atoms with Crippen molar-refractivity contribution < 1.29 is 17.6 Å². The molecule has 5 nitrogen and oxygen atoms in total. The highest BCUT2D eigenvalue weighted by atomic mass is 35.5. The first-order chi connectivity index (χ1) is 12.3. The fraction of sp³-hybridized carbons (Fsp3) is 0.312. The van der Waals surface area contributed by atoms with Gasteiger partial charge < -0.3 is 9.80 Å². The Morgan fingerprint density at radius 1 is 1.00 bits per heavy atom. The third-order valence-corrected chi connectivity index (χ3v) is 4.26. The van der Waals surface area contributed by atoms with Gasteiger partial charge in [-0.3, -0.25) is 0 Å². The minimum atomic E-state index is -4.64. The Bertz CT molecular complexity index is 857. The van der Waals surface area contributed by atoms with Gasteiger partial charge >= 0.3 is 6.18 Å². The van der Waals surface area contributed by atoms with Crippen molar-refractivity contribution in [3.63, 3.8) is 0 Å². The molecular formula is C16H12ClF4N5. The quantitative estimate of drug-likeness (QED) is 0.741. The Morgan fingerprint density at radius 2 is 1.58 bits per heavy atom. The number of halogens is 5. The molecule has 0 amide bonds. The molecule has 0 bridgehead atoms. The molecule has 3 rings (SSSR count). The molecule has 3 heterocycles. The van der Waals surface area contributed by atoms with Crippen LogP contribution in [0.1, 0.15) is 11.1 Å². The molecule has 0 atom stereocenters. The third-order valence-electron chi connectivity index (χ3n) is 3.98. The fourth-order valence-electron chi connectivity index (χ4n) is 2.67. The zero-order valence-electron chi connectivity index (χ0n) is 13.3. The molecule has 0 spiro atoms. The largest absolute Gasteiger partial charge is 0.417 e. The average Bonchev–Trinajstić information content (AvgIpc) is 2.61. The van der Waals surface area contributed by atoms with Crippen molar-refractivity contribution in [2.24, 2.45) is 0 Å². The predicted octanol–water partition coefficient (Wildman–Crippen LogP) is 3.49. The van der Waals surface area contributed by atoms with E-state index in [0.29, 0.717) is 54.8 Å². The van der Waals surface area contributed by atoms with Crippen LogP contribution in [0.3, 0.4) is 0 Å². The summed E-state index contributed by atoms with van der Waals surface area (Å²) in [5.41, 5.74) is -0.778. The molecule has 0 aliphatic carbocycles. The van der Waals surface area contributed by atoms with E-state index in [-0.39, 0.29) is 5.82 Å². The summed E-state index contributed by atoms with van der Waals surface area (Å²) in [7, 11) is 0. The summed E-state index contributed by atoms with van der Waals surface area (Å²) in [6, 6.07) is 3.90. The summed E-state index contributed by atoms with van der Waals surface area (Å²) >= 11 is 6.13. The first kappa shape index (κ1) is 18.2. The SMILES string of the molecule is N#Cc1cnc(N2CCN(c3ncc(C(F)(F)F)cc3F)CC2)c(Cl)c1. The monoisotopic (exact) mass is 385 g/mol. The maximum atomic E-state index is 14.1. The second-order valence-electron chi connectivity index (χ2n) is 5.64. The van der Waals surface area contributed by atoms with Crippen molar-refractivity contribution in [1.29, 1.82) is 5.26 Å². The molecule has 26 heavy (non-hydrogen) atoms. The van der Waals surface area contributed by atoms with Crippen LogP contribution in [0.2, 0.25) is 5.02 Å². The number of aromatic nitrogens is 2. The van der Waals surface area contributed by atoms with Crippen molar-refractivity contribution >= 4 is 23.2 Å². The molecule has 136 valence electrons. The number of nitrogens with zero attached hydrogens (tertiary/aromatic N) is 5. The third kappa shape index (κ3) is 3.65. The van der Waals surface area contributed by atoms with Gasteiger partial charge in [0, 0.05) is 38.6 Å². The highest BCUT2D eigenvalue weighted by Gasteiger charge is 2.32. The van der Waals surface area contributed by atoms with Crippen LogP contribution in [0.25, 0.3) is 0 Å². The van der Waals surface area contributed by atoms with Crippen LogP contribution in [-0.2, 0) is 6.18 Å². The molecule has 0 unspecified atom stereocenters. The van der Waals surface area contributed by atoms with Gasteiger partial charge in [0.2, 0.25) is 0 Å². The lowest BCUT2D eigenvalue weighted by Gasteiger charge is -2.36. The van der Waals surface area contributed by atoms with Crippen LogP contribution in [0, 0.1) is 17.1 Å². The van der Waals surface area contributed by atoms with Crippen LogP contribution in [0.15, 0.2) is 24.5 Å². The summed E-state index contributed by atoms with van der Waals surface area (Å²) in [6.45, 7) is 1.54. The van der Waals surface area contributed by atoms with Gasteiger partial charge in [0.15, 0.2) is 11.6 Å². The molecule has 1 aliphatic heterocycles. The topological polar surface area (TPSA) is 56.1 Å². The molecule has 2 aromatic heterocycles. The second-order valence-corrected chi connectivity index (χ2v) is 6.05. The Hall–Kier alpha value is -2.60. The Balaban J connectivity index is 1.72. The Labute approximate surface area is 151 Å².